The molecule has 0 saturated heterocycles. The fraction of sp³-hybridized carbons (Fsp3) is 0.0476. The van der Waals surface area contributed by atoms with E-state index in [1.165, 1.54) is 27.1 Å². The molecule has 3 rings (SSSR count). The fourth-order valence-electron chi connectivity index (χ4n) is 2.75. The van der Waals surface area contributed by atoms with Crippen molar-refractivity contribution in [1.29, 1.82) is 0 Å². The SMILES string of the molecule is C#C/C=c1/cccc/c1=C(/C)c1cccc2ccccc12. The van der Waals surface area contributed by atoms with Crippen LogP contribution in [0.1, 0.15) is 12.5 Å². The van der Waals surface area contributed by atoms with E-state index >= 15 is 0 Å². The van der Waals surface area contributed by atoms with Crippen molar-refractivity contribution in [1.82, 2.24) is 0 Å². The zero-order chi connectivity index (χ0) is 14.7. The minimum absolute atomic E-state index is 1.09. The van der Waals surface area contributed by atoms with Crippen molar-refractivity contribution in [2.45, 2.75) is 6.92 Å². The van der Waals surface area contributed by atoms with Gasteiger partial charge in [-0.3, -0.25) is 0 Å². The molecule has 3 aromatic carbocycles. The Bertz CT molecular complexity index is 948. The van der Waals surface area contributed by atoms with Gasteiger partial charge in [0.15, 0.2) is 0 Å². The number of hydrogen-bond acceptors (Lipinski definition) is 0. The van der Waals surface area contributed by atoms with Crippen LogP contribution in [0.5, 0.6) is 0 Å². The number of benzene rings is 3. The predicted octanol–water partition coefficient (Wildman–Crippen LogP) is 3.47. The van der Waals surface area contributed by atoms with Crippen LogP contribution in [0.3, 0.4) is 0 Å². The Balaban J connectivity index is 2.42. The summed E-state index contributed by atoms with van der Waals surface area (Å²) in [6.45, 7) is 2.16. The zero-order valence-corrected chi connectivity index (χ0v) is 12.0. The standard InChI is InChI=1S/C21H16/c1-3-9-17-10-4-6-13-19(17)16(2)20-15-8-12-18-11-5-7-14-21(18)20/h1,4-15H,2H3/b17-9-,19-16+. The molecule has 0 saturated carbocycles. The molecule has 100 valence electrons. The Labute approximate surface area is 125 Å². The van der Waals surface area contributed by atoms with Crippen molar-refractivity contribution in [2.75, 3.05) is 0 Å². The number of terminal acetylenes is 1. The fourth-order valence-corrected chi connectivity index (χ4v) is 2.75. The van der Waals surface area contributed by atoms with Crippen LogP contribution in [0.4, 0.5) is 0 Å². The third kappa shape index (κ3) is 2.47. The van der Waals surface area contributed by atoms with Crippen molar-refractivity contribution >= 4 is 22.4 Å². The minimum Gasteiger partial charge on any atom is -0.115 e. The first-order valence-corrected chi connectivity index (χ1v) is 7.01. The molecule has 0 aliphatic heterocycles. The Hall–Kier alpha value is -2.78. The quantitative estimate of drug-likeness (QED) is 0.593. The Morgan fingerprint density at radius 2 is 1.62 bits per heavy atom. The second-order valence-electron chi connectivity index (χ2n) is 5.05. The summed E-state index contributed by atoms with van der Waals surface area (Å²) in [5, 5.41) is 4.80. The van der Waals surface area contributed by atoms with Gasteiger partial charge in [-0.15, -0.1) is 6.42 Å². The van der Waals surface area contributed by atoms with Crippen molar-refractivity contribution in [3.63, 3.8) is 0 Å². The lowest BCUT2D eigenvalue weighted by Gasteiger charge is -2.07. The molecule has 0 radical (unpaired) electrons. The molecule has 0 heteroatoms. The monoisotopic (exact) mass is 268 g/mol. The summed E-state index contributed by atoms with van der Waals surface area (Å²) >= 11 is 0. The van der Waals surface area contributed by atoms with E-state index in [1.54, 1.807) is 0 Å². The number of fused-ring (bicyclic) bond motifs is 1. The van der Waals surface area contributed by atoms with E-state index in [1.807, 2.05) is 12.1 Å². The van der Waals surface area contributed by atoms with E-state index in [2.05, 4.69) is 73.5 Å². The van der Waals surface area contributed by atoms with Crippen molar-refractivity contribution in [3.05, 3.63) is 82.7 Å². The summed E-state index contributed by atoms with van der Waals surface area (Å²) < 4.78 is 0. The molecule has 0 amide bonds. The normalized spacial score (nSPS) is 13.0. The summed E-state index contributed by atoms with van der Waals surface area (Å²) in [5.74, 6) is 2.63. The second kappa shape index (κ2) is 5.69. The molecule has 0 bridgehead atoms. The summed E-state index contributed by atoms with van der Waals surface area (Å²) in [7, 11) is 0. The average Bonchev–Trinajstić information content (AvgIpc) is 2.54. The number of hydrogen-bond donors (Lipinski definition) is 0. The first kappa shape index (κ1) is 13.2. The van der Waals surface area contributed by atoms with Crippen LogP contribution in [-0.2, 0) is 0 Å². The first-order chi connectivity index (χ1) is 10.3. The van der Waals surface area contributed by atoms with Gasteiger partial charge in [-0.2, -0.15) is 0 Å². The summed E-state index contributed by atoms with van der Waals surface area (Å²) in [4.78, 5) is 0. The van der Waals surface area contributed by atoms with Crippen LogP contribution in [0.15, 0.2) is 66.7 Å². The van der Waals surface area contributed by atoms with E-state index in [9.17, 15) is 0 Å². The van der Waals surface area contributed by atoms with E-state index in [0.29, 0.717) is 0 Å². The lowest BCUT2D eigenvalue weighted by Crippen LogP contribution is -2.26. The molecule has 0 aliphatic rings. The average molecular weight is 268 g/mol. The Morgan fingerprint density at radius 3 is 2.48 bits per heavy atom. The van der Waals surface area contributed by atoms with Crippen molar-refractivity contribution in [2.24, 2.45) is 0 Å². The maximum atomic E-state index is 5.44. The summed E-state index contributed by atoms with van der Waals surface area (Å²) in [5.41, 5.74) is 2.50. The van der Waals surface area contributed by atoms with Crippen LogP contribution in [0.2, 0.25) is 0 Å². The van der Waals surface area contributed by atoms with Gasteiger partial charge < -0.3 is 0 Å². The minimum atomic E-state index is 1.09. The first-order valence-electron chi connectivity index (χ1n) is 7.01. The van der Waals surface area contributed by atoms with Crippen LogP contribution in [-0.4, -0.2) is 0 Å². The molecule has 21 heavy (non-hydrogen) atoms. The zero-order valence-electron chi connectivity index (χ0n) is 12.0. The van der Waals surface area contributed by atoms with Gasteiger partial charge in [-0.25, -0.2) is 0 Å². The van der Waals surface area contributed by atoms with E-state index in [-0.39, 0.29) is 0 Å². The lowest BCUT2D eigenvalue weighted by atomic mass is 9.97. The molecule has 0 nitrogen and oxygen atoms in total. The van der Waals surface area contributed by atoms with Gasteiger partial charge in [0.1, 0.15) is 0 Å². The molecule has 0 unspecified atom stereocenters. The van der Waals surface area contributed by atoms with E-state index < -0.39 is 0 Å². The molecule has 0 aromatic heterocycles. The number of rotatable bonds is 1. The van der Waals surface area contributed by atoms with Crippen LogP contribution >= 0.6 is 0 Å². The largest absolute Gasteiger partial charge is 0.115 e. The highest BCUT2D eigenvalue weighted by atomic mass is 14.1. The molecule has 0 atom stereocenters. The lowest BCUT2D eigenvalue weighted by molar-refractivity contribution is 1.46. The molecular weight excluding hydrogens is 252 g/mol. The Morgan fingerprint density at radius 1 is 0.905 bits per heavy atom. The van der Waals surface area contributed by atoms with Crippen LogP contribution < -0.4 is 10.4 Å². The topological polar surface area (TPSA) is 0 Å². The van der Waals surface area contributed by atoms with Gasteiger partial charge in [-0.1, -0.05) is 72.7 Å². The third-order valence-electron chi connectivity index (χ3n) is 3.80. The van der Waals surface area contributed by atoms with Crippen LogP contribution in [0.25, 0.3) is 22.4 Å². The summed E-state index contributed by atoms with van der Waals surface area (Å²) in [6, 6.07) is 23.1. The van der Waals surface area contributed by atoms with Crippen molar-refractivity contribution < 1.29 is 0 Å². The van der Waals surface area contributed by atoms with Gasteiger partial charge in [0.25, 0.3) is 0 Å². The van der Waals surface area contributed by atoms with Gasteiger partial charge in [0, 0.05) is 0 Å². The van der Waals surface area contributed by atoms with Gasteiger partial charge >= 0.3 is 0 Å². The maximum absolute atomic E-state index is 5.44. The molecule has 0 heterocycles. The third-order valence-corrected chi connectivity index (χ3v) is 3.80. The second-order valence-corrected chi connectivity index (χ2v) is 5.05. The van der Waals surface area contributed by atoms with Gasteiger partial charge in [0.05, 0.1) is 0 Å². The highest BCUT2D eigenvalue weighted by molar-refractivity contribution is 5.93. The highest BCUT2D eigenvalue weighted by Gasteiger charge is 2.03. The predicted molar refractivity (Wildman–Crippen MR) is 91.1 cm³/mol. The Kier molecular flexibility index (Phi) is 3.58. The van der Waals surface area contributed by atoms with Crippen LogP contribution in [0, 0.1) is 12.3 Å². The molecule has 0 N–H and O–H groups in total. The molecule has 0 aliphatic carbocycles. The smallest absolute Gasteiger partial charge is 0.00428 e. The maximum Gasteiger partial charge on any atom is -0.00428 e. The van der Waals surface area contributed by atoms with Gasteiger partial charge in [0.2, 0.25) is 0 Å². The van der Waals surface area contributed by atoms with E-state index in [0.717, 1.165) is 5.22 Å². The van der Waals surface area contributed by atoms with Crippen molar-refractivity contribution in [3.8, 4) is 12.3 Å². The molecular formula is C21H16. The van der Waals surface area contributed by atoms with Gasteiger partial charge in [-0.05, 0) is 45.3 Å². The molecule has 0 spiro atoms. The highest BCUT2D eigenvalue weighted by Crippen LogP contribution is 2.22. The molecule has 0 fully saturated rings. The molecule has 3 aromatic rings. The van der Waals surface area contributed by atoms with E-state index in [4.69, 9.17) is 6.42 Å². The summed E-state index contributed by atoms with van der Waals surface area (Å²) in [6.07, 6.45) is 7.27.